The standard InChI is InChI=1S/C14H22O4/c1-10(2)8-12(15)6-5-7-13(16)9-11(3)14(17)18-4/h10H,3,5-9H2,1-2,4H3. The lowest BCUT2D eigenvalue weighted by Gasteiger charge is -2.04. The van der Waals surface area contributed by atoms with E-state index in [4.69, 9.17) is 0 Å². The molecule has 0 aromatic rings. The zero-order valence-electron chi connectivity index (χ0n) is 11.5. The molecule has 0 aliphatic carbocycles. The molecule has 0 amide bonds. The molecule has 0 N–H and O–H groups in total. The van der Waals surface area contributed by atoms with E-state index in [1.165, 1.54) is 7.11 Å². The van der Waals surface area contributed by atoms with Gasteiger partial charge in [0, 0.05) is 31.3 Å². The number of esters is 1. The Labute approximate surface area is 108 Å². The van der Waals surface area contributed by atoms with Crippen molar-refractivity contribution in [3.63, 3.8) is 0 Å². The Morgan fingerprint density at radius 3 is 2.17 bits per heavy atom. The van der Waals surface area contributed by atoms with Gasteiger partial charge in [-0.1, -0.05) is 20.4 Å². The van der Waals surface area contributed by atoms with Crippen LogP contribution in [0.1, 0.15) is 46.0 Å². The highest BCUT2D eigenvalue weighted by atomic mass is 16.5. The monoisotopic (exact) mass is 254 g/mol. The van der Waals surface area contributed by atoms with Gasteiger partial charge in [-0.25, -0.2) is 4.79 Å². The van der Waals surface area contributed by atoms with Gasteiger partial charge >= 0.3 is 5.97 Å². The van der Waals surface area contributed by atoms with E-state index in [9.17, 15) is 14.4 Å². The second-order valence-corrected chi connectivity index (χ2v) is 4.80. The molecular weight excluding hydrogens is 232 g/mol. The zero-order valence-corrected chi connectivity index (χ0v) is 11.5. The number of Topliss-reactive ketones (excluding diaryl/α,β-unsaturated/α-hetero) is 2. The van der Waals surface area contributed by atoms with Gasteiger partial charge in [-0.3, -0.25) is 9.59 Å². The third-order valence-corrected chi connectivity index (χ3v) is 2.43. The molecule has 0 bridgehead atoms. The van der Waals surface area contributed by atoms with Crippen LogP contribution in [0.5, 0.6) is 0 Å². The van der Waals surface area contributed by atoms with Crippen LogP contribution in [-0.4, -0.2) is 24.6 Å². The molecule has 0 fully saturated rings. The quantitative estimate of drug-likeness (QED) is 0.468. The third-order valence-electron chi connectivity index (χ3n) is 2.43. The van der Waals surface area contributed by atoms with Gasteiger partial charge < -0.3 is 4.74 Å². The van der Waals surface area contributed by atoms with Crippen LogP contribution in [0.25, 0.3) is 0 Å². The Kier molecular flexibility index (Phi) is 7.92. The van der Waals surface area contributed by atoms with Gasteiger partial charge in [0.1, 0.15) is 11.6 Å². The first-order valence-corrected chi connectivity index (χ1v) is 6.16. The number of rotatable bonds is 9. The Morgan fingerprint density at radius 1 is 1.11 bits per heavy atom. The fraction of sp³-hybridized carbons (Fsp3) is 0.643. The lowest BCUT2D eigenvalue weighted by Crippen LogP contribution is -2.09. The first-order chi connectivity index (χ1) is 8.36. The fourth-order valence-electron chi connectivity index (χ4n) is 1.58. The molecule has 0 atom stereocenters. The van der Waals surface area contributed by atoms with Crippen LogP contribution in [0.2, 0.25) is 0 Å². The van der Waals surface area contributed by atoms with Crippen LogP contribution in [0.15, 0.2) is 12.2 Å². The van der Waals surface area contributed by atoms with Gasteiger partial charge in [-0.05, 0) is 12.3 Å². The summed E-state index contributed by atoms with van der Waals surface area (Å²) in [5.74, 6) is -0.0983. The lowest BCUT2D eigenvalue weighted by atomic mass is 10.0. The first kappa shape index (κ1) is 16.6. The van der Waals surface area contributed by atoms with Crippen molar-refractivity contribution in [2.45, 2.75) is 46.0 Å². The molecule has 4 heteroatoms. The van der Waals surface area contributed by atoms with Crippen molar-refractivity contribution < 1.29 is 19.1 Å². The molecule has 0 aliphatic rings. The summed E-state index contributed by atoms with van der Waals surface area (Å²) in [5.41, 5.74) is 0.163. The maximum absolute atomic E-state index is 11.5. The molecule has 4 nitrogen and oxygen atoms in total. The predicted octanol–water partition coefficient (Wildman–Crippen LogP) is 2.46. The van der Waals surface area contributed by atoms with Gasteiger partial charge in [0.25, 0.3) is 0 Å². The van der Waals surface area contributed by atoms with Crippen molar-refractivity contribution in [3.05, 3.63) is 12.2 Å². The minimum absolute atomic E-state index is 0.00500. The largest absolute Gasteiger partial charge is 0.466 e. The van der Waals surface area contributed by atoms with Crippen LogP contribution < -0.4 is 0 Å². The van der Waals surface area contributed by atoms with Crippen LogP contribution >= 0.6 is 0 Å². The second kappa shape index (κ2) is 8.61. The Bertz CT molecular complexity index is 329. The zero-order chi connectivity index (χ0) is 14.1. The van der Waals surface area contributed by atoms with Crippen molar-refractivity contribution in [2.75, 3.05) is 7.11 Å². The number of carbonyl (C=O) groups is 3. The topological polar surface area (TPSA) is 60.4 Å². The van der Waals surface area contributed by atoms with Gasteiger partial charge in [-0.15, -0.1) is 0 Å². The van der Waals surface area contributed by atoms with Crippen molar-refractivity contribution in [3.8, 4) is 0 Å². The first-order valence-electron chi connectivity index (χ1n) is 6.16. The highest BCUT2D eigenvalue weighted by Crippen LogP contribution is 2.09. The van der Waals surface area contributed by atoms with Crippen LogP contribution in [0.4, 0.5) is 0 Å². The maximum atomic E-state index is 11.5. The molecule has 0 saturated carbocycles. The van der Waals surface area contributed by atoms with E-state index in [1.54, 1.807) is 0 Å². The summed E-state index contributed by atoms with van der Waals surface area (Å²) in [6.45, 7) is 7.46. The van der Waals surface area contributed by atoms with Gasteiger partial charge in [0.2, 0.25) is 0 Å². The molecule has 0 saturated heterocycles. The van der Waals surface area contributed by atoms with Crippen LogP contribution in [0.3, 0.4) is 0 Å². The average molecular weight is 254 g/mol. The minimum atomic E-state index is -0.556. The van der Waals surface area contributed by atoms with Crippen molar-refractivity contribution >= 4 is 17.5 Å². The van der Waals surface area contributed by atoms with E-state index in [0.29, 0.717) is 31.6 Å². The Balaban J connectivity index is 3.81. The van der Waals surface area contributed by atoms with Gasteiger partial charge in [-0.2, -0.15) is 0 Å². The molecule has 18 heavy (non-hydrogen) atoms. The van der Waals surface area contributed by atoms with E-state index in [0.717, 1.165) is 0 Å². The van der Waals surface area contributed by atoms with Crippen molar-refractivity contribution in [1.82, 2.24) is 0 Å². The lowest BCUT2D eigenvalue weighted by molar-refractivity contribution is -0.137. The fourth-order valence-corrected chi connectivity index (χ4v) is 1.58. The molecule has 0 spiro atoms. The molecule has 0 rings (SSSR count). The number of methoxy groups -OCH3 is 1. The SMILES string of the molecule is C=C(CC(=O)CCCC(=O)CC(C)C)C(=O)OC. The van der Waals surface area contributed by atoms with Crippen molar-refractivity contribution in [1.29, 1.82) is 0 Å². The molecule has 0 aliphatic heterocycles. The summed E-state index contributed by atoms with van der Waals surface area (Å²) in [6, 6.07) is 0. The maximum Gasteiger partial charge on any atom is 0.333 e. The number of hydrogen-bond acceptors (Lipinski definition) is 4. The predicted molar refractivity (Wildman–Crippen MR) is 69.1 cm³/mol. The Morgan fingerprint density at radius 2 is 1.67 bits per heavy atom. The molecule has 0 aromatic carbocycles. The van der Waals surface area contributed by atoms with Crippen LogP contribution in [-0.2, 0) is 19.1 Å². The molecule has 0 heterocycles. The van der Waals surface area contributed by atoms with Gasteiger partial charge in [0.05, 0.1) is 7.11 Å². The number of hydrogen-bond donors (Lipinski definition) is 0. The molecule has 0 unspecified atom stereocenters. The molecule has 102 valence electrons. The summed E-state index contributed by atoms with van der Waals surface area (Å²) in [4.78, 5) is 33.9. The minimum Gasteiger partial charge on any atom is -0.466 e. The van der Waals surface area contributed by atoms with Gasteiger partial charge in [0.15, 0.2) is 0 Å². The summed E-state index contributed by atoms with van der Waals surface area (Å²) in [7, 11) is 1.25. The number of carbonyl (C=O) groups excluding carboxylic acids is 3. The van der Waals surface area contributed by atoms with E-state index < -0.39 is 5.97 Å². The highest BCUT2D eigenvalue weighted by Gasteiger charge is 2.12. The normalized spacial score (nSPS) is 10.2. The average Bonchev–Trinajstić information content (AvgIpc) is 2.26. The second-order valence-electron chi connectivity index (χ2n) is 4.80. The molecule has 0 aromatic heterocycles. The third kappa shape index (κ3) is 7.76. The highest BCUT2D eigenvalue weighted by molar-refractivity contribution is 5.95. The summed E-state index contributed by atoms with van der Waals surface area (Å²) >= 11 is 0. The number of ketones is 2. The molecular formula is C14H22O4. The van der Waals surface area contributed by atoms with E-state index >= 15 is 0 Å². The van der Waals surface area contributed by atoms with E-state index in [2.05, 4.69) is 11.3 Å². The number of ether oxygens (including phenoxy) is 1. The summed E-state index contributed by atoms with van der Waals surface area (Å²) < 4.78 is 4.45. The van der Waals surface area contributed by atoms with Crippen molar-refractivity contribution in [2.24, 2.45) is 5.92 Å². The van der Waals surface area contributed by atoms with E-state index in [1.807, 2.05) is 13.8 Å². The summed E-state index contributed by atoms with van der Waals surface area (Å²) in [5, 5.41) is 0. The smallest absolute Gasteiger partial charge is 0.333 e. The summed E-state index contributed by atoms with van der Waals surface area (Å²) in [6.07, 6.45) is 1.83. The molecule has 0 radical (unpaired) electrons. The Hall–Kier alpha value is -1.45. The van der Waals surface area contributed by atoms with E-state index in [-0.39, 0.29) is 23.6 Å². The van der Waals surface area contributed by atoms with Crippen LogP contribution in [0, 0.1) is 5.92 Å².